The van der Waals surface area contributed by atoms with Crippen LogP contribution in [0.25, 0.3) is 17.2 Å². The van der Waals surface area contributed by atoms with Crippen molar-refractivity contribution in [3.05, 3.63) is 54.5 Å². The predicted octanol–water partition coefficient (Wildman–Crippen LogP) is 2.34. The number of phenolic OH excluding ortho intramolecular Hbond substituents is 1. The lowest BCUT2D eigenvalue weighted by Crippen LogP contribution is -2.01. The van der Waals surface area contributed by atoms with Gasteiger partial charge in [-0.05, 0) is 31.2 Å². The Hall–Kier alpha value is -2.69. The Morgan fingerprint density at radius 3 is 2.58 bits per heavy atom. The van der Waals surface area contributed by atoms with Gasteiger partial charge < -0.3 is 5.11 Å². The molecule has 1 aromatic carbocycles. The van der Waals surface area contributed by atoms with Crippen LogP contribution in [-0.4, -0.2) is 24.9 Å². The number of aromatic hydroxyl groups is 1. The average Bonchev–Trinajstić information content (AvgIpc) is 2.82. The van der Waals surface area contributed by atoms with Crippen LogP contribution in [0, 0.1) is 6.92 Å². The van der Waals surface area contributed by atoms with Crippen LogP contribution in [0.3, 0.4) is 0 Å². The normalized spacial score (nSPS) is 10.6. The molecule has 0 radical (unpaired) electrons. The van der Waals surface area contributed by atoms with E-state index in [1.165, 1.54) is 0 Å². The number of nitrogens with zero attached hydrogens (tertiary/aromatic N) is 4. The van der Waals surface area contributed by atoms with Gasteiger partial charge in [0.25, 0.3) is 0 Å². The fourth-order valence-electron chi connectivity index (χ4n) is 1.89. The topological polar surface area (TPSA) is 63.8 Å². The molecule has 3 aromatic rings. The Kier molecular flexibility index (Phi) is 2.72. The molecule has 94 valence electrons. The van der Waals surface area contributed by atoms with Gasteiger partial charge in [0.15, 0.2) is 11.6 Å². The summed E-state index contributed by atoms with van der Waals surface area (Å²) in [7, 11) is 0. The Bertz CT molecular complexity index is 706. The van der Waals surface area contributed by atoms with Gasteiger partial charge in [-0.2, -0.15) is 4.68 Å². The minimum atomic E-state index is 0.173. The molecule has 0 aliphatic carbocycles. The van der Waals surface area contributed by atoms with Crippen molar-refractivity contribution < 1.29 is 5.11 Å². The van der Waals surface area contributed by atoms with E-state index in [0.29, 0.717) is 23.0 Å². The molecular formula is C14H12N4O. The quantitative estimate of drug-likeness (QED) is 0.760. The lowest BCUT2D eigenvalue weighted by molar-refractivity contribution is 0.476. The van der Waals surface area contributed by atoms with Gasteiger partial charge in [-0.15, -0.1) is 5.10 Å². The second-order valence-electron chi connectivity index (χ2n) is 4.10. The minimum absolute atomic E-state index is 0.173. The summed E-state index contributed by atoms with van der Waals surface area (Å²) < 4.78 is 1.63. The van der Waals surface area contributed by atoms with E-state index < -0.39 is 0 Å². The zero-order chi connectivity index (χ0) is 13.2. The van der Waals surface area contributed by atoms with E-state index in [0.717, 1.165) is 0 Å². The zero-order valence-corrected chi connectivity index (χ0v) is 10.4. The van der Waals surface area contributed by atoms with Crippen molar-refractivity contribution in [1.82, 2.24) is 19.7 Å². The third-order valence-corrected chi connectivity index (χ3v) is 2.72. The van der Waals surface area contributed by atoms with Crippen molar-refractivity contribution in [1.29, 1.82) is 0 Å². The van der Waals surface area contributed by atoms with E-state index in [2.05, 4.69) is 15.1 Å². The molecule has 19 heavy (non-hydrogen) atoms. The number of para-hydroxylation sites is 1. The van der Waals surface area contributed by atoms with Crippen LogP contribution in [0.5, 0.6) is 5.75 Å². The van der Waals surface area contributed by atoms with Crippen molar-refractivity contribution in [3.8, 4) is 23.0 Å². The summed E-state index contributed by atoms with van der Waals surface area (Å²) in [6.07, 6.45) is 1.70. The summed E-state index contributed by atoms with van der Waals surface area (Å²) in [5, 5.41) is 14.3. The number of hydrogen-bond donors (Lipinski definition) is 1. The van der Waals surface area contributed by atoms with E-state index in [9.17, 15) is 5.11 Å². The molecule has 0 saturated carbocycles. The molecule has 3 rings (SSSR count). The Labute approximate surface area is 110 Å². The van der Waals surface area contributed by atoms with E-state index in [1.807, 2.05) is 31.2 Å². The maximum atomic E-state index is 9.94. The first-order valence-corrected chi connectivity index (χ1v) is 5.89. The molecule has 0 saturated heterocycles. The fourth-order valence-corrected chi connectivity index (χ4v) is 1.89. The van der Waals surface area contributed by atoms with Crippen molar-refractivity contribution in [3.63, 3.8) is 0 Å². The standard InChI is InChI=1S/C14H12N4O/c1-10-16-14(11-6-2-3-7-12(11)19)18(17-10)13-8-4-5-9-15-13/h2-9,19H,1H3. The molecule has 1 N–H and O–H groups in total. The van der Waals surface area contributed by atoms with Gasteiger partial charge >= 0.3 is 0 Å². The number of phenols is 1. The van der Waals surface area contributed by atoms with Gasteiger partial charge in [0, 0.05) is 6.20 Å². The highest BCUT2D eigenvalue weighted by Gasteiger charge is 2.14. The van der Waals surface area contributed by atoms with Crippen molar-refractivity contribution >= 4 is 0 Å². The summed E-state index contributed by atoms with van der Waals surface area (Å²) in [6.45, 7) is 1.81. The van der Waals surface area contributed by atoms with E-state index in [4.69, 9.17) is 0 Å². The molecule has 5 heteroatoms. The number of rotatable bonds is 2. The van der Waals surface area contributed by atoms with E-state index in [-0.39, 0.29) is 5.75 Å². The third kappa shape index (κ3) is 2.06. The zero-order valence-electron chi connectivity index (χ0n) is 10.4. The average molecular weight is 252 g/mol. The number of aryl methyl sites for hydroxylation is 1. The van der Waals surface area contributed by atoms with Gasteiger partial charge in [0.1, 0.15) is 11.6 Å². The van der Waals surface area contributed by atoms with Crippen molar-refractivity contribution in [2.75, 3.05) is 0 Å². The molecule has 0 fully saturated rings. The van der Waals surface area contributed by atoms with Crippen molar-refractivity contribution in [2.45, 2.75) is 6.92 Å². The molecule has 2 heterocycles. The van der Waals surface area contributed by atoms with Crippen LogP contribution in [-0.2, 0) is 0 Å². The second kappa shape index (κ2) is 4.53. The monoisotopic (exact) mass is 252 g/mol. The number of benzene rings is 1. The maximum absolute atomic E-state index is 9.94. The molecule has 0 atom stereocenters. The van der Waals surface area contributed by atoms with Crippen LogP contribution >= 0.6 is 0 Å². The second-order valence-corrected chi connectivity index (χ2v) is 4.10. The summed E-state index contributed by atoms with van der Waals surface area (Å²) in [6, 6.07) is 12.6. The first kappa shape index (κ1) is 11.4. The van der Waals surface area contributed by atoms with Gasteiger partial charge in [-0.3, -0.25) is 0 Å². The summed E-state index contributed by atoms with van der Waals surface area (Å²) in [5.41, 5.74) is 0.633. The molecule has 0 unspecified atom stereocenters. The lowest BCUT2D eigenvalue weighted by Gasteiger charge is -2.06. The van der Waals surface area contributed by atoms with Crippen LogP contribution in [0.2, 0.25) is 0 Å². The predicted molar refractivity (Wildman–Crippen MR) is 71.0 cm³/mol. The minimum Gasteiger partial charge on any atom is -0.507 e. The van der Waals surface area contributed by atoms with Crippen molar-refractivity contribution in [2.24, 2.45) is 0 Å². The molecule has 0 aliphatic rings. The molecule has 0 amide bonds. The van der Waals surface area contributed by atoms with Gasteiger partial charge in [0.2, 0.25) is 0 Å². The molecule has 5 nitrogen and oxygen atoms in total. The highest BCUT2D eigenvalue weighted by Crippen LogP contribution is 2.28. The fraction of sp³-hybridized carbons (Fsp3) is 0.0714. The first-order valence-electron chi connectivity index (χ1n) is 5.89. The van der Waals surface area contributed by atoms with Crippen LogP contribution in [0.15, 0.2) is 48.7 Å². The summed E-state index contributed by atoms with van der Waals surface area (Å²) in [5.74, 6) is 2.05. The molecule has 0 spiro atoms. The van der Waals surface area contributed by atoms with Gasteiger partial charge in [-0.25, -0.2) is 9.97 Å². The molecule has 0 aliphatic heterocycles. The van der Waals surface area contributed by atoms with Crippen LogP contribution < -0.4 is 0 Å². The molecule has 2 aromatic heterocycles. The van der Waals surface area contributed by atoms with E-state index >= 15 is 0 Å². The van der Waals surface area contributed by atoms with E-state index in [1.54, 1.807) is 29.1 Å². The number of hydrogen-bond acceptors (Lipinski definition) is 4. The summed E-state index contributed by atoms with van der Waals surface area (Å²) >= 11 is 0. The smallest absolute Gasteiger partial charge is 0.168 e. The highest BCUT2D eigenvalue weighted by molar-refractivity contribution is 5.64. The lowest BCUT2D eigenvalue weighted by atomic mass is 10.2. The first-order chi connectivity index (χ1) is 9.25. The Balaban J connectivity index is 2.21. The number of pyridine rings is 1. The Morgan fingerprint density at radius 1 is 1.05 bits per heavy atom. The number of aromatic nitrogens is 4. The largest absolute Gasteiger partial charge is 0.507 e. The third-order valence-electron chi connectivity index (χ3n) is 2.72. The summed E-state index contributed by atoms with van der Waals surface area (Å²) in [4.78, 5) is 8.63. The molecule has 0 bridgehead atoms. The van der Waals surface area contributed by atoms with Gasteiger partial charge in [0.05, 0.1) is 5.56 Å². The SMILES string of the molecule is Cc1nc(-c2ccccc2O)n(-c2ccccn2)n1. The highest BCUT2D eigenvalue weighted by atomic mass is 16.3. The Morgan fingerprint density at radius 2 is 1.84 bits per heavy atom. The molecular weight excluding hydrogens is 240 g/mol. The van der Waals surface area contributed by atoms with Crippen LogP contribution in [0.1, 0.15) is 5.82 Å². The van der Waals surface area contributed by atoms with Gasteiger partial charge in [-0.1, -0.05) is 18.2 Å². The van der Waals surface area contributed by atoms with Crippen LogP contribution in [0.4, 0.5) is 0 Å². The maximum Gasteiger partial charge on any atom is 0.168 e.